The Balaban J connectivity index is 1.51. The number of rotatable bonds is 6. The molecule has 34 heavy (non-hydrogen) atoms. The van der Waals surface area contributed by atoms with Crippen molar-refractivity contribution in [3.63, 3.8) is 0 Å². The Labute approximate surface area is 193 Å². The molecular weight excluding hydrogens is 444 g/mol. The molecule has 10 heteroatoms. The van der Waals surface area contributed by atoms with Gasteiger partial charge in [0.2, 0.25) is 5.91 Å². The van der Waals surface area contributed by atoms with Gasteiger partial charge < -0.3 is 10.6 Å². The van der Waals surface area contributed by atoms with Crippen LogP contribution in [0, 0.1) is 11.6 Å². The van der Waals surface area contributed by atoms with Crippen LogP contribution in [0.3, 0.4) is 0 Å². The first-order valence-electron chi connectivity index (χ1n) is 10.3. The van der Waals surface area contributed by atoms with Gasteiger partial charge in [0.25, 0.3) is 11.8 Å². The number of carbonyl (C=O) groups excluding carboxylic acids is 3. The summed E-state index contributed by atoms with van der Waals surface area (Å²) in [6.07, 6.45) is 1.61. The first kappa shape index (κ1) is 22.7. The molecule has 0 spiro atoms. The number of carbonyl (C=O) groups is 3. The second-order valence-corrected chi connectivity index (χ2v) is 7.44. The molecule has 4 rings (SSSR count). The van der Waals surface area contributed by atoms with Crippen LogP contribution in [0.25, 0.3) is 0 Å². The van der Waals surface area contributed by atoms with Gasteiger partial charge in [0.15, 0.2) is 0 Å². The number of hydrazone groups is 1. The fraction of sp³-hybridized carbons (Fsp3) is 0.125. The molecule has 0 fully saturated rings. The highest BCUT2D eigenvalue weighted by atomic mass is 19.1. The highest BCUT2D eigenvalue weighted by molar-refractivity contribution is 6.43. The lowest BCUT2D eigenvalue weighted by Gasteiger charge is -2.23. The SMILES string of the molecule is O=C(Nc1cc(F)ccc1NC(=O)c1ccccn1)C1=NN(Cc2ccc(F)cc2)C(=O)CC1. The topological polar surface area (TPSA) is 104 Å². The van der Waals surface area contributed by atoms with E-state index in [-0.39, 0.29) is 48.1 Å². The van der Waals surface area contributed by atoms with Crippen LogP contribution in [0.5, 0.6) is 0 Å². The summed E-state index contributed by atoms with van der Waals surface area (Å²) >= 11 is 0. The maximum absolute atomic E-state index is 13.9. The number of hydrogen-bond acceptors (Lipinski definition) is 5. The molecule has 172 valence electrons. The lowest BCUT2D eigenvalue weighted by molar-refractivity contribution is -0.132. The molecule has 0 unspecified atom stereocenters. The van der Waals surface area contributed by atoms with E-state index in [4.69, 9.17) is 0 Å². The normalized spacial score (nSPS) is 13.3. The molecule has 0 saturated heterocycles. The summed E-state index contributed by atoms with van der Waals surface area (Å²) in [5, 5.41) is 10.4. The van der Waals surface area contributed by atoms with Gasteiger partial charge in [-0.1, -0.05) is 18.2 Å². The number of halogens is 2. The second-order valence-electron chi connectivity index (χ2n) is 7.44. The van der Waals surface area contributed by atoms with Crippen molar-refractivity contribution in [2.75, 3.05) is 10.6 Å². The van der Waals surface area contributed by atoms with Crippen molar-refractivity contribution in [3.8, 4) is 0 Å². The Morgan fingerprint density at radius 2 is 1.62 bits per heavy atom. The van der Waals surface area contributed by atoms with Crippen LogP contribution in [0.15, 0.2) is 72.0 Å². The summed E-state index contributed by atoms with van der Waals surface area (Å²) in [4.78, 5) is 41.5. The average Bonchev–Trinajstić information content (AvgIpc) is 2.84. The van der Waals surface area contributed by atoms with Crippen molar-refractivity contribution < 1.29 is 23.2 Å². The zero-order valence-corrected chi connectivity index (χ0v) is 17.8. The van der Waals surface area contributed by atoms with E-state index < -0.39 is 23.4 Å². The van der Waals surface area contributed by atoms with E-state index in [0.29, 0.717) is 5.56 Å². The van der Waals surface area contributed by atoms with Gasteiger partial charge in [-0.3, -0.25) is 19.4 Å². The van der Waals surface area contributed by atoms with E-state index in [1.807, 2.05) is 0 Å². The van der Waals surface area contributed by atoms with Crippen LogP contribution >= 0.6 is 0 Å². The van der Waals surface area contributed by atoms with Crippen molar-refractivity contribution >= 4 is 34.8 Å². The van der Waals surface area contributed by atoms with Gasteiger partial charge in [0.1, 0.15) is 23.0 Å². The molecule has 2 N–H and O–H groups in total. The number of hydrogen-bond donors (Lipinski definition) is 2. The Bertz CT molecular complexity index is 1260. The third-order valence-corrected chi connectivity index (χ3v) is 4.99. The van der Waals surface area contributed by atoms with Crippen LogP contribution in [0.4, 0.5) is 20.2 Å². The predicted octanol–water partition coefficient (Wildman–Crippen LogP) is 3.73. The molecule has 2 heterocycles. The van der Waals surface area contributed by atoms with Crippen LogP contribution < -0.4 is 10.6 Å². The van der Waals surface area contributed by atoms with Crippen molar-refractivity contribution in [2.24, 2.45) is 5.10 Å². The molecule has 0 bridgehead atoms. The Hall–Kier alpha value is -4.47. The fourth-order valence-electron chi connectivity index (χ4n) is 3.26. The van der Waals surface area contributed by atoms with Gasteiger partial charge in [-0.25, -0.2) is 13.8 Å². The molecule has 3 amide bonds. The minimum absolute atomic E-state index is 0.0268. The molecule has 1 aliphatic rings. The molecular formula is C24H19F2N5O3. The summed E-state index contributed by atoms with van der Waals surface area (Å²) < 4.78 is 27.0. The minimum atomic E-state index is -0.643. The zero-order valence-electron chi connectivity index (χ0n) is 17.8. The number of amides is 3. The Morgan fingerprint density at radius 3 is 2.35 bits per heavy atom. The number of nitrogens with zero attached hydrogens (tertiary/aromatic N) is 3. The lowest BCUT2D eigenvalue weighted by atomic mass is 10.1. The number of benzene rings is 2. The maximum Gasteiger partial charge on any atom is 0.274 e. The van der Waals surface area contributed by atoms with E-state index in [0.717, 1.165) is 17.1 Å². The van der Waals surface area contributed by atoms with Gasteiger partial charge in [0, 0.05) is 19.0 Å². The van der Waals surface area contributed by atoms with Gasteiger partial charge in [-0.05, 0) is 48.0 Å². The fourth-order valence-corrected chi connectivity index (χ4v) is 3.26. The molecule has 3 aromatic rings. The second kappa shape index (κ2) is 9.99. The van der Waals surface area contributed by atoms with Gasteiger partial charge in [0.05, 0.1) is 17.9 Å². The number of anilines is 2. The highest BCUT2D eigenvalue weighted by Crippen LogP contribution is 2.24. The standard InChI is InChI=1S/C24H19F2N5O3/c25-16-6-4-15(5-7-16)14-31-22(32)11-10-20(30-31)24(34)29-21-13-17(26)8-9-18(21)28-23(33)19-3-1-2-12-27-19/h1-9,12-13H,10-11,14H2,(H,28,33)(H,29,34). The Morgan fingerprint density at radius 1 is 0.882 bits per heavy atom. The monoisotopic (exact) mass is 463 g/mol. The summed E-state index contributed by atoms with van der Waals surface area (Å²) in [6, 6.07) is 13.9. The summed E-state index contributed by atoms with van der Waals surface area (Å²) in [5.41, 5.74) is 1.05. The van der Waals surface area contributed by atoms with Gasteiger partial charge in [-0.15, -0.1) is 0 Å². The third-order valence-electron chi connectivity index (χ3n) is 4.99. The van der Waals surface area contributed by atoms with E-state index in [1.165, 1.54) is 42.6 Å². The summed E-state index contributed by atoms with van der Waals surface area (Å²) in [5.74, 6) is -2.48. The van der Waals surface area contributed by atoms with Crippen LogP contribution in [0.2, 0.25) is 0 Å². The Kier molecular flexibility index (Phi) is 6.67. The number of pyridine rings is 1. The highest BCUT2D eigenvalue weighted by Gasteiger charge is 2.25. The van der Waals surface area contributed by atoms with Crippen molar-refractivity contribution in [1.29, 1.82) is 0 Å². The average molecular weight is 463 g/mol. The molecule has 0 saturated carbocycles. The molecule has 0 radical (unpaired) electrons. The van der Waals surface area contributed by atoms with Crippen LogP contribution in [-0.4, -0.2) is 33.4 Å². The summed E-state index contributed by atoms with van der Waals surface area (Å²) in [7, 11) is 0. The van der Waals surface area contributed by atoms with Crippen molar-refractivity contribution in [3.05, 3.63) is 89.8 Å². The summed E-state index contributed by atoms with van der Waals surface area (Å²) in [6.45, 7) is 0.0707. The molecule has 0 atom stereocenters. The van der Waals surface area contributed by atoms with E-state index in [2.05, 4.69) is 20.7 Å². The maximum atomic E-state index is 13.9. The van der Waals surface area contributed by atoms with Gasteiger partial charge in [-0.2, -0.15) is 5.10 Å². The molecule has 1 aliphatic heterocycles. The van der Waals surface area contributed by atoms with Crippen LogP contribution in [0.1, 0.15) is 28.9 Å². The molecule has 0 aliphatic carbocycles. The molecule has 1 aromatic heterocycles. The van der Waals surface area contributed by atoms with Crippen molar-refractivity contribution in [2.45, 2.75) is 19.4 Å². The number of nitrogens with one attached hydrogen (secondary N) is 2. The predicted molar refractivity (Wildman–Crippen MR) is 121 cm³/mol. The third kappa shape index (κ3) is 5.47. The van der Waals surface area contributed by atoms with Crippen LogP contribution in [-0.2, 0) is 16.1 Å². The lowest BCUT2D eigenvalue weighted by Crippen LogP contribution is -2.36. The zero-order chi connectivity index (χ0) is 24.1. The largest absolute Gasteiger partial charge is 0.319 e. The molecule has 2 aromatic carbocycles. The quantitative estimate of drug-likeness (QED) is 0.581. The number of aromatic nitrogens is 1. The van der Waals surface area contributed by atoms with E-state index in [9.17, 15) is 23.2 Å². The van der Waals surface area contributed by atoms with E-state index in [1.54, 1.807) is 12.1 Å². The first-order chi connectivity index (χ1) is 16.4. The smallest absolute Gasteiger partial charge is 0.274 e. The van der Waals surface area contributed by atoms with Crippen molar-refractivity contribution in [1.82, 2.24) is 9.99 Å². The van der Waals surface area contributed by atoms with Gasteiger partial charge >= 0.3 is 0 Å². The van der Waals surface area contributed by atoms with E-state index >= 15 is 0 Å². The molecule has 8 nitrogen and oxygen atoms in total. The first-order valence-corrected chi connectivity index (χ1v) is 10.3. The minimum Gasteiger partial charge on any atom is -0.319 e.